The zero-order chi connectivity index (χ0) is 16.3. The minimum Gasteiger partial charge on any atom is -0.341 e. The number of hydrogen-bond donors (Lipinski definition) is 0. The first kappa shape index (κ1) is 17.0. The molecular weight excluding hydrogens is 300 g/mol. The average Bonchev–Trinajstić information content (AvgIpc) is 3.31. The zero-order valence-corrected chi connectivity index (χ0v) is 14.3. The number of hydrogen-bond acceptors (Lipinski definition) is 3. The van der Waals surface area contributed by atoms with Crippen LogP contribution in [-0.2, 0) is 10.0 Å². The van der Waals surface area contributed by atoms with Crippen LogP contribution >= 0.6 is 0 Å². The molecule has 1 aliphatic carbocycles. The van der Waals surface area contributed by atoms with Crippen LogP contribution in [0.25, 0.3) is 0 Å². The monoisotopic (exact) mass is 324 g/mol. The summed E-state index contributed by atoms with van der Waals surface area (Å²) in [6.45, 7) is 5.18. The predicted octanol–water partition coefficient (Wildman–Crippen LogP) is 2.20. The lowest BCUT2D eigenvalue weighted by Gasteiger charge is -2.20. The van der Waals surface area contributed by atoms with Crippen LogP contribution in [-0.4, -0.2) is 50.2 Å². The van der Waals surface area contributed by atoms with E-state index < -0.39 is 10.0 Å². The van der Waals surface area contributed by atoms with Gasteiger partial charge in [-0.25, -0.2) is 8.42 Å². The highest BCUT2D eigenvalue weighted by molar-refractivity contribution is 7.89. The van der Waals surface area contributed by atoms with Crippen molar-refractivity contribution in [2.24, 2.45) is 5.92 Å². The molecule has 0 aliphatic heterocycles. The second kappa shape index (κ2) is 6.79. The molecule has 122 valence electrons. The summed E-state index contributed by atoms with van der Waals surface area (Å²) >= 11 is 0. The first-order valence-corrected chi connectivity index (χ1v) is 9.19. The molecule has 5 nitrogen and oxygen atoms in total. The zero-order valence-electron chi connectivity index (χ0n) is 13.4. The van der Waals surface area contributed by atoms with Crippen LogP contribution in [0, 0.1) is 5.92 Å². The van der Waals surface area contributed by atoms with Gasteiger partial charge in [0.2, 0.25) is 10.0 Å². The molecule has 0 bridgehead atoms. The smallest absolute Gasteiger partial charge is 0.253 e. The molecule has 2 rings (SSSR count). The predicted molar refractivity (Wildman–Crippen MR) is 86.2 cm³/mol. The summed E-state index contributed by atoms with van der Waals surface area (Å²) in [5, 5.41) is 0. The largest absolute Gasteiger partial charge is 0.341 e. The molecule has 1 fully saturated rings. The van der Waals surface area contributed by atoms with E-state index in [2.05, 4.69) is 0 Å². The summed E-state index contributed by atoms with van der Waals surface area (Å²) in [5.74, 6) is 0.486. The van der Waals surface area contributed by atoms with Crippen LogP contribution in [0.3, 0.4) is 0 Å². The van der Waals surface area contributed by atoms with Crippen molar-refractivity contribution in [2.75, 3.05) is 26.7 Å². The van der Waals surface area contributed by atoms with E-state index in [1.807, 2.05) is 0 Å². The second-order valence-corrected chi connectivity index (χ2v) is 7.68. The lowest BCUT2D eigenvalue weighted by molar-refractivity contribution is 0.0788. The molecule has 1 amide bonds. The minimum atomic E-state index is -3.53. The third kappa shape index (κ3) is 3.67. The van der Waals surface area contributed by atoms with E-state index in [4.69, 9.17) is 0 Å². The first-order valence-electron chi connectivity index (χ1n) is 7.75. The van der Waals surface area contributed by atoms with Gasteiger partial charge in [-0.1, -0.05) is 19.9 Å². The third-order valence-electron chi connectivity index (χ3n) is 4.00. The summed E-state index contributed by atoms with van der Waals surface area (Å²) in [4.78, 5) is 14.3. The molecule has 1 aromatic carbocycles. The van der Waals surface area contributed by atoms with Gasteiger partial charge in [-0.2, -0.15) is 4.31 Å². The van der Waals surface area contributed by atoms with E-state index in [-0.39, 0.29) is 10.8 Å². The average molecular weight is 324 g/mol. The van der Waals surface area contributed by atoms with Crippen molar-refractivity contribution in [1.29, 1.82) is 0 Å². The molecular formula is C16H24N2O3S. The van der Waals surface area contributed by atoms with Crippen molar-refractivity contribution >= 4 is 15.9 Å². The molecule has 0 unspecified atom stereocenters. The Morgan fingerprint density at radius 2 is 1.86 bits per heavy atom. The first-order chi connectivity index (χ1) is 10.4. The van der Waals surface area contributed by atoms with Gasteiger partial charge >= 0.3 is 0 Å². The quantitative estimate of drug-likeness (QED) is 0.772. The number of nitrogens with zero attached hydrogens (tertiary/aromatic N) is 2. The summed E-state index contributed by atoms with van der Waals surface area (Å²) in [7, 11) is -1.76. The van der Waals surface area contributed by atoms with E-state index in [1.165, 1.54) is 23.2 Å². The standard InChI is InChI=1S/C16H24N2O3S/c1-4-18(5-2)22(20,21)15-8-6-7-14(11-15)16(19)17(3)12-13-9-10-13/h6-8,11,13H,4-5,9-10,12H2,1-3H3. The molecule has 0 saturated heterocycles. The fourth-order valence-corrected chi connectivity index (χ4v) is 4.00. The van der Waals surface area contributed by atoms with E-state index in [1.54, 1.807) is 44.0 Å². The van der Waals surface area contributed by atoms with Crippen LogP contribution < -0.4 is 0 Å². The molecule has 0 spiro atoms. The second-order valence-electron chi connectivity index (χ2n) is 5.75. The molecule has 0 atom stereocenters. The van der Waals surface area contributed by atoms with Crippen LogP contribution in [0.1, 0.15) is 37.0 Å². The summed E-state index contributed by atoms with van der Waals surface area (Å²) in [6.07, 6.45) is 2.35. The Labute approximate surface area is 133 Å². The van der Waals surface area contributed by atoms with Gasteiger partial charge in [0.15, 0.2) is 0 Å². The summed E-state index contributed by atoms with van der Waals surface area (Å²) < 4.78 is 26.4. The molecule has 1 saturated carbocycles. The Morgan fingerprint density at radius 1 is 1.23 bits per heavy atom. The van der Waals surface area contributed by atoms with Gasteiger partial charge in [-0.3, -0.25) is 4.79 Å². The molecule has 0 aromatic heterocycles. The Balaban J connectivity index is 2.23. The van der Waals surface area contributed by atoms with Crippen molar-refractivity contribution in [2.45, 2.75) is 31.6 Å². The maximum Gasteiger partial charge on any atom is 0.253 e. The van der Waals surface area contributed by atoms with Gasteiger partial charge in [0, 0.05) is 32.2 Å². The Bertz CT molecular complexity index is 635. The summed E-state index contributed by atoms with van der Waals surface area (Å²) in [6, 6.07) is 6.34. The fourth-order valence-electron chi connectivity index (χ4n) is 2.49. The fraction of sp³-hybridized carbons (Fsp3) is 0.562. The van der Waals surface area contributed by atoms with E-state index >= 15 is 0 Å². The van der Waals surface area contributed by atoms with E-state index in [0.717, 1.165) is 6.54 Å². The molecule has 0 heterocycles. The molecule has 1 aliphatic rings. The normalized spacial score (nSPS) is 15.1. The molecule has 22 heavy (non-hydrogen) atoms. The Kier molecular flexibility index (Phi) is 5.24. The van der Waals surface area contributed by atoms with Gasteiger partial charge in [0.25, 0.3) is 5.91 Å². The number of rotatable bonds is 7. The summed E-state index contributed by atoms with van der Waals surface area (Å²) in [5.41, 5.74) is 0.427. The number of benzene rings is 1. The lowest BCUT2D eigenvalue weighted by Crippen LogP contribution is -2.31. The topological polar surface area (TPSA) is 57.7 Å². The number of carbonyl (C=O) groups is 1. The van der Waals surface area contributed by atoms with Crippen molar-refractivity contribution in [3.05, 3.63) is 29.8 Å². The Morgan fingerprint density at radius 3 is 2.41 bits per heavy atom. The maximum absolute atomic E-state index is 12.5. The maximum atomic E-state index is 12.5. The van der Waals surface area contributed by atoms with Crippen molar-refractivity contribution in [1.82, 2.24) is 9.21 Å². The van der Waals surface area contributed by atoms with Crippen LogP contribution in [0.2, 0.25) is 0 Å². The van der Waals surface area contributed by atoms with Crippen LogP contribution in [0.5, 0.6) is 0 Å². The van der Waals surface area contributed by atoms with Gasteiger partial charge < -0.3 is 4.90 Å². The van der Waals surface area contributed by atoms with E-state index in [9.17, 15) is 13.2 Å². The van der Waals surface area contributed by atoms with Gasteiger partial charge in [0.05, 0.1) is 4.90 Å². The van der Waals surface area contributed by atoms with Gasteiger partial charge in [-0.05, 0) is 37.0 Å². The highest BCUT2D eigenvalue weighted by atomic mass is 32.2. The van der Waals surface area contributed by atoms with Crippen molar-refractivity contribution in [3.63, 3.8) is 0 Å². The lowest BCUT2D eigenvalue weighted by atomic mass is 10.2. The Hall–Kier alpha value is -1.40. The van der Waals surface area contributed by atoms with Gasteiger partial charge in [-0.15, -0.1) is 0 Å². The molecule has 6 heteroatoms. The number of sulfonamides is 1. The number of carbonyl (C=O) groups excluding carboxylic acids is 1. The minimum absolute atomic E-state index is 0.122. The molecule has 0 N–H and O–H groups in total. The number of amides is 1. The SMILES string of the molecule is CCN(CC)S(=O)(=O)c1cccc(C(=O)N(C)CC2CC2)c1. The van der Waals surface area contributed by atoms with Gasteiger partial charge in [0.1, 0.15) is 0 Å². The van der Waals surface area contributed by atoms with Crippen molar-refractivity contribution in [3.8, 4) is 0 Å². The van der Waals surface area contributed by atoms with E-state index in [0.29, 0.717) is 24.6 Å². The van der Waals surface area contributed by atoms with Crippen LogP contribution in [0.4, 0.5) is 0 Å². The highest BCUT2D eigenvalue weighted by Gasteiger charge is 2.26. The van der Waals surface area contributed by atoms with Crippen LogP contribution in [0.15, 0.2) is 29.2 Å². The highest BCUT2D eigenvalue weighted by Crippen LogP contribution is 2.29. The third-order valence-corrected chi connectivity index (χ3v) is 6.05. The molecule has 1 aromatic rings. The molecule has 0 radical (unpaired) electrons. The van der Waals surface area contributed by atoms with Crippen molar-refractivity contribution < 1.29 is 13.2 Å².